The monoisotopic (exact) mass is 290 g/mol. The molecule has 1 aromatic rings. The van der Waals surface area contributed by atoms with Gasteiger partial charge in [-0.05, 0) is 49.3 Å². The Morgan fingerprint density at radius 1 is 1.10 bits per heavy atom. The summed E-state index contributed by atoms with van der Waals surface area (Å²) in [6.07, 6.45) is 3.55. The van der Waals surface area contributed by atoms with Gasteiger partial charge in [0.15, 0.2) is 17.4 Å². The second kappa shape index (κ2) is 6.24. The minimum absolute atomic E-state index is 0.00221. The van der Waals surface area contributed by atoms with Gasteiger partial charge in [0.2, 0.25) is 0 Å². The molecule has 0 atom stereocenters. The van der Waals surface area contributed by atoms with E-state index in [0.717, 1.165) is 18.4 Å². The van der Waals surface area contributed by atoms with Crippen LogP contribution in [0, 0.1) is 17.6 Å². The number of carbonyl (C=O) groups excluding carboxylic acids is 1. The minimum atomic E-state index is -3.27. The lowest BCUT2D eigenvalue weighted by molar-refractivity contribution is -0.111. The van der Waals surface area contributed by atoms with E-state index >= 15 is 0 Å². The number of benzene rings is 1. The van der Waals surface area contributed by atoms with Gasteiger partial charge in [-0.25, -0.2) is 8.78 Å². The Hall–Kier alpha value is -1.59. The van der Waals surface area contributed by atoms with Crippen LogP contribution < -0.4 is 4.74 Å². The zero-order chi connectivity index (χ0) is 14.7. The maximum Gasteiger partial charge on any atom is 0.387 e. The Labute approximate surface area is 113 Å². The summed E-state index contributed by atoms with van der Waals surface area (Å²) in [7, 11) is 0. The smallest absolute Gasteiger partial charge is 0.387 e. The summed E-state index contributed by atoms with van der Waals surface area (Å²) in [5, 5.41) is 0. The first kappa shape index (κ1) is 14.8. The molecule has 0 heterocycles. The third-order valence-electron chi connectivity index (χ3n) is 3.66. The molecular formula is C14H14F4O2. The summed E-state index contributed by atoms with van der Waals surface area (Å²) in [5.41, 5.74) is 0.422. The molecule has 1 fully saturated rings. The fourth-order valence-corrected chi connectivity index (χ4v) is 2.61. The Morgan fingerprint density at radius 3 is 2.10 bits per heavy atom. The van der Waals surface area contributed by atoms with E-state index in [-0.39, 0.29) is 11.8 Å². The molecule has 0 amide bonds. The zero-order valence-corrected chi connectivity index (χ0v) is 10.6. The maximum atomic E-state index is 13.6. The maximum absolute atomic E-state index is 13.6. The first-order chi connectivity index (χ1) is 9.51. The molecule has 110 valence electrons. The van der Waals surface area contributed by atoms with Gasteiger partial charge in [-0.15, -0.1) is 0 Å². The number of alkyl halides is 2. The van der Waals surface area contributed by atoms with E-state index < -0.39 is 24.0 Å². The molecule has 0 aliphatic heterocycles. The first-order valence-electron chi connectivity index (χ1n) is 6.40. The highest BCUT2D eigenvalue weighted by Crippen LogP contribution is 2.37. The van der Waals surface area contributed by atoms with Crippen LogP contribution in [0.1, 0.15) is 37.2 Å². The van der Waals surface area contributed by atoms with Gasteiger partial charge in [0.25, 0.3) is 0 Å². The van der Waals surface area contributed by atoms with Crippen molar-refractivity contribution in [3.63, 3.8) is 0 Å². The molecule has 20 heavy (non-hydrogen) atoms. The van der Waals surface area contributed by atoms with Crippen LogP contribution in [-0.2, 0) is 4.79 Å². The number of ether oxygens (including phenoxy) is 1. The number of carbonyl (C=O) groups is 1. The Balaban J connectivity index is 2.16. The highest BCUT2D eigenvalue weighted by atomic mass is 19.3. The number of aldehydes is 1. The van der Waals surface area contributed by atoms with E-state index in [1.807, 2.05) is 0 Å². The van der Waals surface area contributed by atoms with E-state index in [2.05, 4.69) is 4.74 Å². The van der Waals surface area contributed by atoms with Gasteiger partial charge in [-0.1, -0.05) is 0 Å². The summed E-state index contributed by atoms with van der Waals surface area (Å²) < 4.78 is 55.1. The minimum Gasteiger partial charge on any atom is -0.429 e. The lowest BCUT2D eigenvalue weighted by Gasteiger charge is -2.26. The molecule has 0 aromatic heterocycles. The molecule has 1 saturated carbocycles. The summed E-state index contributed by atoms with van der Waals surface area (Å²) in [5.74, 6) is -3.36. The summed E-state index contributed by atoms with van der Waals surface area (Å²) in [6, 6.07) is 2.07. The molecular weight excluding hydrogens is 276 g/mol. The highest BCUT2D eigenvalue weighted by molar-refractivity contribution is 5.53. The van der Waals surface area contributed by atoms with Crippen LogP contribution in [0.5, 0.6) is 5.75 Å². The van der Waals surface area contributed by atoms with Crippen molar-refractivity contribution in [1.82, 2.24) is 0 Å². The van der Waals surface area contributed by atoms with Crippen molar-refractivity contribution in [2.45, 2.75) is 38.2 Å². The van der Waals surface area contributed by atoms with Gasteiger partial charge < -0.3 is 9.53 Å². The predicted molar refractivity (Wildman–Crippen MR) is 63.8 cm³/mol. The second-order valence-corrected chi connectivity index (χ2v) is 4.94. The predicted octanol–water partition coefficient (Wildman–Crippen LogP) is 4.04. The van der Waals surface area contributed by atoms with Crippen molar-refractivity contribution in [3.05, 3.63) is 29.3 Å². The third-order valence-corrected chi connectivity index (χ3v) is 3.66. The third kappa shape index (κ3) is 3.29. The molecule has 0 radical (unpaired) electrons. The van der Waals surface area contributed by atoms with Gasteiger partial charge in [0.05, 0.1) is 0 Å². The van der Waals surface area contributed by atoms with Crippen molar-refractivity contribution >= 4 is 6.29 Å². The average Bonchev–Trinajstić information content (AvgIpc) is 2.42. The van der Waals surface area contributed by atoms with Crippen LogP contribution in [0.3, 0.4) is 0 Å². The Bertz CT molecular complexity index is 459. The van der Waals surface area contributed by atoms with Crippen LogP contribution in [0.2, 0.25) is 0 Å². The molecule has 0 unspecified atom stereocenters. The molecule has 1 aromatic carbocycles. The second-order valence-electron chi connectivity index (χ2n) is 4.94. The van der Waals surface area contributed by atoms with E-state index in [0.29, 0.717) is 31.2 Å². The zero-order valence-electron chi connectivity index (χ0n) is 10.6. The van der Waals surface area contributed by atoms with E-state index in [1.54, 1.807) is 0 Å². The van der Waals surface area contributed by atoms with Gasteiger partial charge in [-0.2, -0.15) is 8.78 Å². The van der Waals surface area contributed by atoms with E-state index in [1.165, 1.54) is 0 Å². The van der Waals surface area contributed by atoms with Gasteiger partial charge >= 0.3 is 6.61 Å². The van der Waals surface area contributed by atoms with Gasteiger partial charge in [-0.3, -0.25) is 0 Å². The Kier molecular flexibility index (Phi) is 4.62. The number of halogens is 4. The van der Waals surface area contributed by atoms with Crippen LogP contribution in [0.4, 0.5) is 17.6 Å². The SMILES string of the molecule is O=CC1CCC(c2cc(F)c(OC(F)F)c(F)c2)CC1. The topological polar surface area (TPSA) is 26.3 Å². The number of hydrogen-bond acceptors (Lipinski definition) is 2. The van der Waals surface area contributed by atoms with Crippen molar-refractivity contribution < 1.29 is 27.1 Å². The lowest BCUT2D eigenvalue weighted by Crippen LogP contribution is -2.15. The first-order valence-corrected chi connectivity index (χ1v) is 6.40. The molecule has 1 aliphatic carbocycles. The van der Waals surface area contributed by atoms with Crippen LogP contribution in [-0.4, -0.2) is 12.9 Å². The van der Waals surface area contributed by atoms with Crippen molar-refractivity contribution in [2.24, 2.45) is 5.92 Å². The molecule has 0 N–H and O–H groups in total. The van der Waals surface area contributed by atoms with Gasteiger partial charge in [0.1, 0.15) is 6.29 Å². The summed E-state index contributed by atoms with van der Waals surface area (Å²) in [6.45, 7) is -3.27. The van der Waals surface area contributed by atoms with Crippen LogP contribution in [0.25, 0.3) is 0 Å². The Morgan fingerprint density at radius 2 is 1.65 bits per heavy atom. The fourth-order valence-electron chi connectivity index (χ4n) is 2.61. The van der Waals surface area contributed by atoms with Crippen molar-refractivity contribution in [2.75, 3.05) is 0 Å². The standard InChI is InChI=1S/C14H14F4O2/c15-11-5-10(6-12(16)13(11)20-14(17)18)9-3-1-8(7-19)2-4-9/h5-9,14H,1-4H2. The summed E-state index contributed by atoms with van der Waals surface area (Å²) in [4.78, 5) is 10.7. The fraction of sp³-hybridized carbons (Fsp3) is 0.500. The molecule has 1 aliphatic rings. The molecule has 2 nitrogen and oxygen atoms in total. The van der Waals surface area contributed by atoms with Crippen LogP contribution in [0.15, 0.2) is 12.1 Å². The average molecular weight is 290 g/mol. The van der Waals surface area contributed by atoms with Crippen molar-refractivity contribution in [3.8, 4) is 5.75 Å². The molecule has 0 spiro atoms. The van der Waals surface area contributed by atoms with E-state index in [9.17, 15) is 22.4 Å². The molecule has 6 heteroatoms. The number of rotatable bonds is 4. The van der Waals surface area contributed by atoms with Gasteiger partial charge in [0, 0.05) is 5.92 Å². The van der Waals surface area contributed by atoms with Crippen molar-refractivity contribution in [1.29, 1.82) is 0 Å². The van der Waals surface area contributed by atoms with E-state index in [4.69, 9.17) is 0 Å². The summed E-state index contributed by atoms with van der Waals surface area (Å²) >= 11 is 0. The molecule has 0 bridgehead atoms. The normalized spacial score (nSPS) is 22.9. The number of hydrogen-bond donors (Lipinski definition) is 0. The van der Waals surface area contributed by atoms with Crippen LogP contribution >= 0.6 is 0 Å². The highest BCUT2D eigenvalue weighted by Gasteiger charge is 2.25. The quantitative estimate of drug-likeness (QED) is 0.618. The lowest BCUT2D eigenvalue weighted by atomic mass is 9.79. The largest absolute Gasteiger partial charge is 0.429 e. The molecule has 0 saturated heterocycles. The molecule has 2 rings (SSSR count).